The number of aryl methyl sites for hydroxylation is 1. The summed E-state index contributed by atoms with van der Waals surface area (Å²) in [4.78, 5) is 19.5. The Labute approximate surface area is 166 Å². The van der Waals surface area contributed by atoms with E-state index in [-0.39, 0.29) is 11.9 Å². The summed E-state index contributed by atoms with van der Waals surface area (Å²) in [6, 6.07) is 11.5. The van der Waals surface area contributed by atoms with E-state index in [0.717, 1.165) is 31.5 Å². The molecule has 2 aliphatic carbocycles. The van der Waals surface area contributed by atoms with Gasteiger partial charge in [-0.25, -0.2) is 0 Å². The van der Waals surface area contributed by atoms with Crippen LogP contribution in [0.5, 0.6) is 0 Å². The molecule has 1 aromatic carbocycles. The van der Waals surface area contributed by atoms with E-state index < -0.39 is 0 Å². The van der Waals surface area contributed by atoms with Crippen molar-refractivity contribution < 1.29 is 4.79 Å². The van der Waals surface area contributed by atoms with Crippen LogP contribution in [0, 0.1) is 12.8 Å². The molecule has 2 fully saturated rings. The third kappa shape index (κ3) is 3.26. The van der Waals surface area contributed by atoms with Gasteiger partial charge < -0.3 is 5.32 Å². The van der Waals surface area contributed by atoms with Crippen molar-refractivity contribution in [1.82, 2.24) is 15.2 Å². The first-order valence-electron chi connectivity index (χ1n) is 10.4. The fourth-order valence-corrected chi connectivity index (χ4v) is 5.39. The van der Waals surface area contributed by atoms with Gasteiger partial charge in [-0.2, -0.15) is 0 Å². The monoisotopic (exact) mass is 373 g/mol. The van der Waals surface area contributed by atoms with Crippen molar-refractivity contribution in [3.05, 3.63) is 70.6 Å². The molecule has 28 heavy (non-hydrogen) atoms. The van der Waals surface area contributed by atoms with Gasteiger partial charge in [0.05, 0.1) is 5.56 Å². The van der Waals surface area contributed by atoms with Gasteiger partial charge in [-0.05, 0) is 67.8 Å². The predicted molar refractivity (Wildman–Crippen MR) is 111 cm³/mol. The number of aromatic nitrogens is 1. The molecular formula is C24H27N3O. The van der Waals surface area contributed by atoms with E-state index in [2.05, 4.69) is 45.5 Å². The number of rotatable bonds is 4. The molecule has 2 aromatic rings. The maximum absolute atomic E-state index is 12.7. The van der Waals surface area contributed by atoms with E-state index >= 15 is 0 Å². The fraction of sp³-hybridized carbons (Fsp3) is 0.417. The topological polar surface area (TPSA) is 45.2 Å². The summed E-state index contributed by atoms with van der Waals surface area (Å²) in [5, 5.41) is 3.30. The number of benzene rings is 1. The molecule has 1 saturated heterocycles. The molecule has 2 heterocycles. The molecule has 1 aliphatic heterocycles. The van der Waals surface area contributed by atoms with Gasteiger partial charge in [0, 0.05) is 31.0 Å². The largest absolute Gasteiger partial charge is 0.349 e. The van der Waals surface area contributed by atoms with Gasteiger partial charge >= 0.3 is 0 Å². The smallest absolute Gasteiger partial charge is 0.253 e. The van der Waals surface area contributed by atoms with Crippen LogP contribution in [-0.4, -0.2) is 41.0 Å². The van der Waals surface area contributed by atoms with E-state index in [1.54, 1.807) is 12.4 Å². The van der Waals surface area contributed by atoms with E-state index in [9.17, 15) is 4.79 Å². The number of hydrogen-bond acceptors (Lipinski definition) is 3. The van der Waals surface area contributed by atoms with Crippen LogP contribution in [0.4, 0.5) is 0 Å². The van der Waals surface area contributed by atoms with Crippen LogP contribution < -0.4 is 5.32 Å². The van der Waals surface area contributed by atoms with Crippen molar-refractivity contribution in [3.63, 3.8) is 0 Å². The number of hydrogen-bond donors (Lipinski definition) is 1. The summed E-state index contributed by atoms with van der Waals surface area (Å²) in [5.41, 5.74) is 6.07. The lowest BCUT2D eigenvalue weighted by Crippen LogP contribution is -2.40. The van der Waals surface area contributed by atoms with Crippen LogP contribution in [0.3, 0.4) is 0 Å². The third-order valence-corrected chi connectivity index (χ3v) is 6.70. The quantitative estimate of drug-likeness (QED) is 0.890. The molecule has 0 bridgehead atoms. The van der Waals surface area contributed by atoms with Crippen molar-refractivity contribution in [2.24, 2.45) is 5.92 Å². The van der Waals surface area contributed by atoms with Crippen molar-refractivity contribution in [3.8, 4) is 0 Å². The number of fused-ring (bicyclic) bond motifs is 2. The number of amides is 1. The normalized spacial score (nSPS) is 26.0. The number of carbonyl (C=O) groups excluding carboxylic acids is 1. The zero-order valence-electron chi connectivity index (χ0n) is 16.4. The van der Waals surface area contributed by atoms with E-state index in [0.29, 0.717) is 17.5 Å². The maximum Gasteiger partial charge on any atom is 0.253 e. The van der Waals surface area contributed by atoms with Gasteiger partial charge in [-0.3, -0.25) is 14.7 Å². The van der Waals surface area contributed by atoms with Crippen molar-refractivity contribution in [2.45, 2.75) is 44.7 Å². The molecule has 3 atom stereocenters. The van der Waals surface area contributed by atoms with Gasteiger partial charge in [0.2, 0.25) is 0 Å². The van der Waals surface area contributed by atoms with Crippen molar-refractivity contribution in [1.29, 1.82) is 0 Å². The highest BCUT2D eigenvalue weighted by atomic mass is 16.1. The van der Waals surface area contributed by atoms with Gasteiger partial charge in [0.15, 0.2) is 0 Å². The Morgan fingerprint density at radius 3 is 2.96 bits per heavy atom. The molecule has 1 aromatic heterocycles. The highest BCUT2D eigenvalue weighted by Gasteiger charge is 2.44. The van der Waals surface area contributed by atoms with Gasteiger partial charge in [-0.15, -0.1) is 0 Å². The second-order valence-electron chi connectivity index (χ2n) is 8.58. The molecule has 4 heteroatoms. The number of likely N-dealkylation sites (tertiary alicyclic amines) is 1. The molecule has 0 spiro atoms. The van der Waals surface area contributed by atoms with Gasteiger partial charge in [0.25, 0.3) is 5.91 Å². The van der Waals surface area contributed by atoms with Crippen molar-refractivity contribution >= 4 is 12.0 Å². The highest BCUT2D eigenvalue weighted by molar-refractivity contribution is 5.94. The maximum atomic E-state index is 12.7. The predicted octanol–water partition coefficient (Wildman–Crippen LogP) is 3.61. The molecule has 5 rings (SSSR count). The summed E-state index contributed by atoms with van der Waals surface area (Å²) >= 11 is 0. The summed E-state index contributed by atoms with van der Waals surface area (Å²) in [7, 11) is 0. The second kappa shape index (κ2) is 7.17. The number of carbonyl (C=O) groups is 1. The lowest BCUT2D eigenvalue weighted by Gasteiger charge is -2.25. The molecule has 1 N–H and O–H groups in total. The Kier molecular flexibility index (Phi) is 4.52. The minimum absolute atomic E-state index is 0.0225. The average Bonchev–Trinajstić information content (AvgIpc) is 3.38. The molecular weight excluding hydrogens is 346 g/mol. The Balaban J connectivity index is 1.21. The Hall–Kier alpha value is -2.46. The minimum Gasteiger partial charge on any atom is -0.349 e. The standard InChI is InChI=1S/C24H27N3O/c1-16-10-20(14-25-13-16)24(28)26-22-6-7-23-21(22)8-9-27(23)15-17-11-18-4-2-3-5-19(18)12-17/h2-5,10-11,13-14,21-23H,6-9,12,15H2,1H3,(H,26,28)/t21-,22-,23+/m0/s1. The number of nitrogens with zero attached hydrogens (tertiary/aromatic N) is 2. The van der Waals surface area contributed by atoms with E-state index in [1.807, 2.05) is 13.0 Å². The van der Waals surface area contributed by atoms with Crippen LogP contribution in [0.1, 0.15) is 46.3 Å². The van der Waals surface area contributed by atoms with Crippen LogP contribution >= 0.6 is 0 Å². The molecule has 0 unspecified atom stereocenters. The Morgan fingerprint density at radius 2 is 2.11 bits per heavy atom. The molecule has 4 nitrogen and oxygen atoms in total. The summed E-state index contributed by atoms with van der Waals surface area (Å²) < 4.78 is 0. The van der Waals surface area contributed by atoms with Gasteiger partial charge in [0.1, 0.15) is 0 Å². The summed E-state index contributed by atoms with van der Waals surface area (Å²) in [5.74, 6) is 0.598. The van der Waals surface area contributed by atoms with Crippen LogP contribution in [0.15, 0.2) is 48.3 Å². The Morgan fingerprint density at radius 1 is 1.21 bits per heavy atom. The SMILES string of the molecule is Cc1cncc(C(=O)N[C@H]2CC[C@@H]3[C@H]2CCN3CC2=Cc3ccccc3C2)c1. The lowest BCUT2D eigenvalue weighted by molar-refractivity contribution is 0.0926. The first-order chi connectivity index (χ1) is 13.7. The molecule has 0 radical (unpaired) electrons. The average molecular weight is 374 g/mol. The van der Waals surface area contributed by atoms with Crippen LogP contribution in [0.25, 0.3) is 6.08 Å². The summed E-state index contributed by atoms with van der Waals surface area (Å²) in [6.07, 6.45) is 10.4. The molecule has 144 valence electrons. The highest BCUT2D eigenvalue weighted by Crippen LogP contribution is 2.39. The zero-order chi connectivity index (χ0) is 19.1. The first kappa shape index (κ1) is 17.6. The van der Waals surface area contributed by atoms with E-state index in [4.69, 9.17) is 0 Å². The lowest BCUT2D eigenvalue weighted by atomic mass is 9.99. The van der Waals surface area contributed by atoms with Crippen LogP contribution in [-0.2, 0) is 6.42 Å². The summed E-state index contributed by atoms with van der Waals surface area (Å²) in [6.45, 7) is 4.18. The van der Waals surface area contributed by atoms with Crippen LogP contribution in [0.2, 0.25) is 0 Å². The number of pyridine rings is 1. The molecule has 1 saturated carbocycles. The third-order valence-electron chi connectivity index (χ3n) is 6.70. The van der Waals surface area contributed by atoms with Gasteiger partial charge in [-0.1, -0.05) is 35.9 Å². The fourth-order valence-electron chi connectivity index (χ4n) is 5.39. The number of nitrogens with one attached hydrogen (secondary N) is 1. The van der Waals surface area contributed by atoms with Crippen molar-refractivity contribution in [2.75, 3.05) is 13.1 Å². The minimum atomic E-state index is 0.0225. The molecule has 3 aliphatic rings. The first-order valence-corrected chi connectivity index (χ1v) is 10.4. The Bertz CT molecular complexity index is 935. The van der Waals surface area contributed by atoms with E-state index in [1.165, 1.54) is 29.5 Å². The zero-order valence-corrected chi connectivity index (χ0v) is 16.4. The second-order valence-corrected chi connectivity index (χ2v) is 8.58. The molecule has 1 amide bonds.